The molecule has 3 heterocycles. The maximum atomic E-state index is 12.9. The predicted octanol–water partition coefficient (Wildman–Crippen LogP) is 1.93. The molecular formula is C19H19N5O3. The maximum Gasteiger partial charge on any atom is 0.325 e. The fourth-order valence-electron chi connectivity index (χ4n) is 3.50. The molecule has 4 rings (SSSR count). The highest BCUT2D eigenvalue weighted by atomic mass is 16.4. The summed E-state index contributed by atoms with van der Waals surface area (Å²) in [6.45, 7) is 1.11. The van der Waals surface area contributed by atoms with Crippen molar-refractivity contribution in [1.29, 1.82) is 0 Å². The van der Waals surface area contributed by atoms with Crippen LogP contribution in [0.3, 0.4) is 0 Å². The minimum atomic E-state index is -0.926. The van der Waals surface area contributed by atoms with Crippen LogP contribution in [-0.2, 0) is 11.3 Å². The first-order valence-corrected chi connectivity index (χ1v) is 8.85. The molecule has 1 aliphatic heterocycles. The molecule has 1 saturated heterocycles. The molecule has 1 aromatic carbocycles. The number of benzene rings is 1. The smallest absolute Gasteiger partial charge is 0.325 e. The number of fused-ring (bicyclic) bond motifs is 1. The van der Waals surface area contributed by atoms with Crippen LogP contribution in [-0.4, -0.2) is 54.7 Å². The Kier molecular flexibility index (Phi) is 4.53. The van der Waals surface area contributed by atoms with E-state index in [1.165, 1.54) is 4.68 Å². The molecule has 1 fully saturated rings. The lowest BCUT2D eigenvalue weighted by Gasteiger charge is -2.32. The fourth-order valence-corrected chi connectivity index (χ4v) is 3.50. The SMILES string of the molecule is O=C(O)Cn1ccc([C@@H]2CCCN(C(=O)c3ccc4nccnc4c3)C2)n1. The Bertz CT molecular complexity index is 1000. The molecule has 0 aliphatic carbocycles. The highest BCUT2D eigenvalue weighted by molar-refractivity contribution is 5.97. The first kappa shape index (κ1) is 17.1. The highest BCUT2D eigenvalue weighted by Gasteiger charge is 2.27. The molecule has 0 bridgehead atoms. The Morgan fingerprint density at radius 1 is 1.15 bits per heavy atom. The second-order valence-corrected chi connectivity index (χ2v) is 6.68. The summed E-state index contributed by atoms with van der Waals surface area (Å²) < 4.78 is 1.42. The number of nitrogens with zero attached hydrogens (tertiary/aromatic N) is 5. The molecule has 27 heavy (non-hydrogen) atoms. The lowest BCUT2D eigenvalue weighted by molar-refractivity contribution is -0.137. The summed E-state index contributed by atoms with van der Waals surface area (Å²) in [6.07, 6.45) is 6.72. The van der Waals surface area contributed by atoms with Crippen LogP contribution < -0.4 is 0 Å². The zero-order valence-electron chi connectivity index (χ0n) is 14.7. The van der Waals surface area contributed by atoms with Crippen LogP contribution >= 0.6 is 0 Å². The van der Waals surface area contributed by atoms with Gasteiger partial charge in [-0.2, -0.15) is 5.10 Å². The zero-order valence-corrected chi connectivity index (χ0v) is 14.7. The average molecular weight is 365 g/mol. The summed E-state index contributed by atoms with van der Waals surface area (Å²) in [4.78, 5) is 34.1. The van der Waals surface area contributed by atoms with Gasteiger partial charge in [0.05, 0.1) is 16.7 Å². The number of aliphatic carboxylic acids is 1. The number of carboxylic acids is 1. The molecule has 0 saturated carbocycles. The molecule has 1 aliphatic rings. The lowest BCUT2D eigenvalue weighted by Crippen LogP contribution is -2.39. The average Bonchev–Trinajstić information content (AvgIpc) is 3.15. The number of amides is 1. The van der Waals surface area contributed by atoms with E-state index in [0.29, 0.717) is 24.2 Å². The summed E-state index contributed by atoms with van der Waals surface area (Å²) in [6, 6.07) is 7.21. The van der Waals surface area contributed by atoms with E-state index in [2.05, 4.69) is 15.1 Å². The Morgan fingerprint density at radius 3 is 2.78 bits per heavy atom. The topological polar surface area (TPSA) is 101 Å². The van der Waals surface area contributed by atoms with Crippen molar-refractivity contribution in [3.05, 3.63) is 54.1 Å². The van der Waals surface area contributed by atoms with E-state index in [1.807, 2.05) is 17.0 Å². The van der Waals surface area contributed by atoms with Gasteiger partial charge in [-0.05, 0) is 37.1 Å². The third kappa shape index (κ3) is 3.64. The van der Waals surface area contributed by atoms with E-state index < -0.39 is 5.97 Å². The van der Waals surface area contributed by atoms with Gasteiger partial charge in [0, 0.05) is 43.2 Å². The van der Waals surface area contributed by atoms with Gasteiger partial charge in [-0.3, -0.25) is 24.2 Å². The van der Waals surface area contributed by atoms with Crippen LogP contribution in [0, 0.1) is 0 Å². The van der Waals surface area contributed by atoms with Crippen molar-refractivity contribution >= 4 is 22.9 Å². The van der Waals surface area contributed by atoms with Crippen molar-refractivity contribution < 1.29 is 14.7 Å². The van der Waals surface area contributed by atoms with Crippen LogP contribution in [0.1, 0.15) is 34.8 Å². The zero-order chi connectivity index (χ0) is 18.8. The molecule has 8 nitrogen and oxygen atoms in total. The van der Waals surface area contributed by atoms with Crippen LogP contribution in [0.5, 0.6) is 0 Å². The van der Waals surface area contributed by atoms with Crippen LogP contribution in [0.15, 0.2) is 42.9 Å². The minimum Gasteiger partial charge on any atom is -0.480 e. The van der Waals surface area contributed by atoms with Gasteiger partial charge >= 0.3 is 5.97 Å². The summed E-state index contributed by atoms with van der Waals surface area (Å²) >= 11 is 0. The molecule has 2 aromatic heterocycles. The standard InChI is InChI=1S/C19H19N5O3/c25-18(26)12-24-9-5-15(22-24)14-2-1-8-23(11-14)19(27)13-3-4-16-17(10-13)21-7-6-20-16/h3-7,9-10,14H,1-2,8,11-12H2,(H,25,26)/t14-/m1/s1. The Balaban J connectivity index is 1.50. The predicted molar refractivity (Wildman–Crippen MR) is 97.3 cm³/mol. The molecule has 1 atom stereocenters. The number of carbonyl (C=O) groups is 2. The Hall–Kier alpha value is -3.29. The first-order valence-electron chi connectivity index (χ1n) is 8.85. The molecule has 0 radical (unpaired) electrons. The molecule has 0 unspecified atom stereocenters. The van der Waals surface area contributed by atoms with Crippen molar-refractivity contribution in [2.75, 3.05) is 13.1 Å². The molecule has 8 heteroatoms. The third-order valence-corrected chi connectivity index (χ3v) is 4.80. The van der Waals surface area contributed by atoms with Crippen molar-refractivity contribution in [1.82, 2.24) is 24.6 Å². The molecule has 0 spiro atoms. The van der Waals surface area contributed by atoms with E-state index in [4.69, 9.17) is 5.11 Å². The summed E-state index contributed by atoms with van der Waals surface area (Å²) in [5.41, 5.74) is 2.89. The number of aromatic nitrogens is 4. The van der Waals surface area contributed by atoms with Gasteiger partial charge < -0.3 is 10.0 Å². The van der Waals surface area contributed by atoms with E-state index >= 15 is 0 Å². The van der Waals surface area contributed by atoms with Crippen LogP contribution in [0.25, 0.3) is 11.0 Å². The van der Waals surface area contributed by atoms with Gasteiger partial charge in [-0.15, -0.1) is 0 Å². The monoisotopic (exact) mass is 365 g/mol. The van der Waals surface area contributed by atoms with Crippen molar-refractivity contribution in [3.63, 3.8) is 0 Å². The van der Waals surface area contributed by atoms with Crippen molar-refractivity contribution in [2.24, 2.45) is 0 Å². The van der Waals surface area contributed by atoms with Crippen molar-refractivity contribution in [2.45, 2.75) is 25.3 Å². The quantitative estimate of drug-likeness (QED) is 0.758. The van der Waals surface area contributed by atoms with Gasteiger partial charge in [0.15, 0.2) is 0 Å². The van der Waals surface area contributed by atoms with Gasteiger partial charge in [-0.25, -0.2) is 0 Å². The molecule has 1 N–H and O–H groups in total. The largest absolute Gasteiger partial charge is 0.480 e. The number of carbonyl (C=O) groups excluding carboxylic acids is 1. The van der Waals surface area contributed by atoms with E-state index in [-0.39, 0.29) is 18.4 Å². The third-order valence-electron chi connectivity index (χ3n) is 4.80. The maximum absolute atomic E-state index is 12.9. The number of hydrogen-bond acceptors (Lipinski definition) is 5. The van der Waals surface area contributed by atoms with E-state index in [0.717, 1.165) is 24.1 Å². The second kappa shape index (κ2) is 7.14. The fraction of sp³-hybridized carbons (Fsp3) is 0.316. The van der Waals surface area contributed by atoms with Gasteiger partial charge in [0.25, 0.3) is 5.91 Å². The van der Waals surface area contributed by atoms with Gasteiger partial charge in [0.1, 0.15) is 6.54 Å². The summed E-state index contributed by atoms with van der Waals surface area (Å²) in [5.74, 6) is -0.847. The number of rotatable bonds is 4. The van der Waals surface area contributed by atoms with Crippen LogP contribution in [0.4, 0.5) is 0 Å². The van der Waals surface area contributed by atoms with Gasteiger partial charge in [-0.1, -0.05) is 0 Å². The molecule has 138 valence electrons. The summed E-state index contributed by atoms with van der Waals surface area (Å²) in [5, 5.41) is 13.2. The minimum absolute atomic E-state index is 0.0304. The number of hydrogen-bond donors (Lipinski definition) is 1. The normalized spacial score (nSPS) is 17.2. The number of piperidine rings is 1. The first-order chi connectivity index (χ1) is 13.1. The lowest BCUT2D eigenvalue weighted by atomic mass is 9.94. The Morgan fingerprint density at radius 2 is 1.96 bits per heavy atom. The van der Waals surface area contributed by atoms with Crippen LogP contribution in [0.2, 0.25) is 0 Å². The molecule has 1 amide bonds. The number of likely N-dealkylation sites (tertiary alicyclic amines) is 1. The molecule has 3 aromatic rings. The molecular weight excluding hydrogens is 346 g/mol. The Labute approximate surface area is 155 Å². The van der Waals surface area contributed by atoms with E-state index in [9.17, 15) is 9.59 Å². The van der Waals surface area contributed by atoms with E-state index in [1.54, 1.807) is 30.7 Å². The summed E-state index contributed by atoms with van der Waals surface area (Å²) in [7, 11) is 0. The number of carboxylic acid groups (broad SMARTS) is 1. The van der Waals surface area contributed by atoms with Gasteiger partial charge in [0.2, 0.25) is 0 Å². The second-order valence-electron chi connectivity index (χ2n) is 6.68. The van der Waals surface area contributed by atoms with Crippen molar-refractivity contribution in [3.8, 4) is 0 Å². The highest BCUT2D eigenvalue weighted by Crippen LogP contribution is 2.27.